The third-order valence-corrected chi connectivity index (χ3v) is 7.33. The number of carbonyl (C=O) groups excluding carboxylic acids is 1. The fraction of sp³-hybridized carbons (Fsp3) is 0.0909. The third kappa shape index (κ3) is 4.42. The SMILES string of the molecule is COc1cccc(NC(=O)CSc2[nH]c3ccccc3[n+]2S(=O)(=O)c2ccccc2)c1. The number of anilines is 1. The summed E-state index contributed by atoms with van der Waals surface area (Å²) in [5, 5.41) is 3.15. The van der Waals surface area contributed by atoms with E-state index in [0.717, 1.165) is 11.8 Å². The van der Waals surface area contributed by atoms with E-state index in [-0.39, 0.29) is 16.6 Å². The standard InChI is InChI=1S/C22H19N3O4S2/c1-29-17-9-7-8-16(14-17)23-21(26)15-30-22-24-19-12-5-6-13-20(19)25(22)31(27,28)18-10-3-2-4-11-18/h2-14H,15H2,1H3,(H,23,26)/p+1. The quantitative estimate of drug-likeness (QED) is 0.330. The van der Waals surface area contributed by atoms with Crippen LogP contribution >= 0.6 is 11.8 Å². The Morgan fingerprint density at radius 1 is 1.03 bits per heavy atom. The van der Waals surface area contributed by atoms with Gasteiger partial charge in [-0.15, -0.1) is 3.97 Å². The van der Waals surface area contributed by atoms with E-state index >= 15 is 0 Å². The number of imidazole rings is 1. The van der Waals surface area contributed by atoms with Gasteiger partial charge in [-0.2, -0.15) is 8.42 Å². The number of fused-ring (bicyclic) bond motifs is 1. The maximum absolute atomic E-state index is 13.4. The fourth-order valence-electron chi connectivity index (χ4n) is 3.09. The zero-order chi connectivity index (χ0) is 21.8. The molecule has 1 heterocycles. The van der Waals surface area contributed by atoms with E-state index in [1.54, 1.807) is 79.9 Å². The van der Waals surface area contributed by atoms with Crippen LogP contribution in [-0.4, -0.2) is 32.2 Å². The van der Waals surface area contributed by atoms with Crippen LogP contribution in [0.1, 0.15) is 0 Å². The fourth-order valence-corrected chi connectivity index (χ4v) is 5.68. The Morgan fingerprint density at radius 3 is 2.55 bits per heavy atom. The van der Waals surface area contributed by atoms with Crippen molar-refractivity contribution in [2.45, 2.75) is 10.1 Å². The van der Waals surface area contributed by atoms with Crippen molar-refractivity contribution in [3.63, 3.8) is 0 Å². The number of nitrogens with one attached hydrogen (secondary N) is 2. The molecule has 2 N–H and O–H groups in total. The molecule has 0 aliphatic carbocycles. The molecule has 3 aromatic carbocycles. The van der Waals surface area contributed by atoms with E-state index in [9.17, 15) is 13.2 Å². The predicted molar refractivity (Wildman–Crippen MR) is 120 cm³/mol. The molecule has 158 valence electrons. The molecule has 0 fully saturated rings. The summed E-state index contributed by atoms with van der Waals surface area (Å²) in [7, 11) is -2.30. The summed E-state index contributed by atoms with van der Waals surface area (Å²) >= 11 is 1.12. The zero-order valence-corrected chi connectivity index (χ0v) is 18.2. The number of ether oxygens (including phenoxy) is 1. The Morgan fingerprint density at radius 2 is 1.77 bits per heavy atom. The van der Waals surface area contributed by atoms with Crippen molar-refractivity contribution in [1.29, 1.82) is 0 Å². The van der Waals surface area contributed by atoms with E-state index < -0.39 is 10.0 Å². The zero-order valence-electron chi connectivity index (χ0n) is 16.6. The van der Waals surface area contributed by atoms with Crippen molar-refractivity contribution < 1.29 is 21.9 Å². The Balaban J connectivity index is 1.62. The summed E-state index contributed by atoms with van der Waals surface area (Å²) in [6.45, 7) is 0. The molecule has 0 bridgehead atoms. The number of aromatic amines is 1. The summed E-state index contributed by atoms with van der Waals surface area (Å²) in [5.41, 5.74) is 1.78. The number of amides is 1. The molecule has 0 atom stereocenters. The average Bonchev–Trinajstić information content (AvgIpc) is 3.17. The van der Waals surface area contributed by atoms with Crippen molar-refractivity contribution in [3.05, 3.63) is 78.9 Å². The Labute approximate surface area is 184 Å². The Hall–Kier alpha value is -3.30. The van der Waals surface area contributed by atoms with Crippen molar-refractivity contribution in [2.24, 2.45) is 0 Å². The van der Waals surface area contributed by atoms with Gasteiger partial charge < -0.3 is 10.1 Å². The maximum atomic E-state index is 13.4. The van der Waals surface area contributed by atoms with Crippen molar-refractivity contribution in [2.75, 3.05) is 18.2 Å². The lowest BCUT2D eigenvalue weighted by Crippen LogP contribution is -2.44. The van der Waals surface area contributed by atoms with Crippen LogP contribution in [0.2, 0.25) is 0 Å². The van der Waals surface area contributed by atoms with Gasteiger partial charge in [-0.3, -0.25) is 4.79 Å². The lowest BCUT2D eigenvalue weighted by molar-refractivity contribution is -0.526. The third-order valence-electron chi connectivity index (χ3n) is 4.52. The van der Waals surface area contributed by atoms with E-state index in [4.69, 9.17) is 4.74 Å². The second-order valence-electron chi connectivity index (χ2n) is 6.60. The van der Waals surface area contributed by atoms with E-state index in [1.807, 2.05) is 6.07 Å². The summed E-state index contributed by atoms with van der Waals surface area (Å²) in [6.07, 6.45) is 0. The average molecular weight is 455 g/mol. The van der Waals surface area contributed by atoms with Crippen LogP contribution in [0, 0.1) is 0 Å². The van der Waals surface area contributed by atoms with Gasteiger partial charge in [0, 0.05) is 11.8 Å². The number of aromatic nitrogens is 2. The van der Waals surface area contributed by atoms with Gasteiger partial charge in [0.2, 0.25) is 5.91 Å². The second kappa shape index (κ2) is 8.83. The number of carbonyl (C=O) groups is 1. The molecule has 7 nitrogen and oxygen atoms in total. The van der Waals surface area contributed by atoms with Crippen LogP contribution in [0.4, 0.5) is 5.69 Å². The molecule has 0 aliphatic rings. The maximum Gasteiger partial charge on any atom is 0.336 e. The van der Waals surface area contributed by atoms with Crippen molar-refractivity contribution >= 4 is 44.4 Å². The van der Waals surface area contributed by atoms with Crippen LogP contribution in [0.5, 0.6) is 5.75 Å². The molecule has 0 aliphatic heterocycles. The number of H-pyrrole nitrogens is 1. The molecule has 4 aromatic rings. The summed E-state index contributed by atoms with van der Waals surface area (Å²) in [5.74, 6) is 0.391. The van der Waals surface area contributed by atoms with Crippen LogP contribution in [0.25, 0.3) is 11.0 Å². The molecular weight excluding hydrogens is 434 g/mol. The molecule has 31 heavy (non-hydrogen) atoms. The van der Waals surface area contributed by atoms with Gasteiger partial charge in [0.15, 0.2) is 11.0 Å². The van der Waals surface area contributed by atoms with Crippen LogP contribution in [0.15, 0.2) is 88.9 Å². The van der Waals surface area contributed by atoms with Gasteiger partial charge in [0.1, 0.15) is 10.6 Å². The number of thioether (sulfide) groups is 1. The number of benzene rings is 3. The highest BCUT2D eigenvalue weighted by atomic mass is 32.2. The van der Waals surface area contributed by atoms with Crippen molar-refractivity contribution in [3.8, 4) is 5.75 Å². The summed E-state index contributed by atoms with van der Waals surface area (Å²) < 4.78 is 33.1. The molecule has 0 unspecified atom stereocenters. The number of rotatable bonds is 7. The molecule has 0 radical (unpaired) electrons. The normalized spacial score (nSPS) is 11.4. The highest BCUT2D eigenvalue weighted by molar-refractivity contribution is 8.00. The van der Waals surface area contributed by atoms with Gasteiger partial charge in [-0.05, 0) is 48.2 Å². The monoisotopic (exact) mass is 454 g/mol. The van der Waals surface area contributed by atoms with Crippen LogP contribution in [0.3, 0.4) is 0 Å². The molecule has 0 saturated heterocycles. The van der Waals surface area contributed by atoms with Gasteiger partial charge in [-0.25, -0.2) is 4.98 Å². The Bertz CT molecular complexity index is 1340. The van der Waals surface area contributed by atoms with Gasteiger partial charge >= 0.3 is 15.2 Å². The smallest absolute Gasteiger partial charge is 0.336 e. The highest BCUT2D eigenvalue weighted by Gasteiger charge is 2.31. The van der Waals surface area contributed by atoms with E-state index in [2.05, 4.69) is 10.3 Å². The lowest BCUT2D eigenvalue weighted by atomic mass is 10.3. The summed E-state index contributed by atoms with van der Waals surface area (Å²) in [4.78, 5) is 15.8. The first-order valence-electron chi connectivity index (χ1n) is 9.39. The molecule has 1 aromatic heterocycles. The van der Waals surface area contributed by atoms with Crippen molar-refractivity contribution in [1.82, 2.24) is 4.98 Å². The molecule has 1 amide bonds. The summed E-state index contributed by atoms with van der Waals surface area (Å²) in [6, 6.07) is 22.4. The molecular formula is C22H20N3O4S2+. The number of hydrogen-bond acceptors (Lipinski definition) is 5. The largest absolute Gasteiger partial charge is 0.497 e. The topological polar surface area (TPSA) is 92.1 Å². The molecule has 9 heteroatoms. The first kappa shape index (κ1) is 21.0. The predicted octanol–water partition coefficient (Wildman–Crippen LogP) is 3.43. The minimum atomic E-state index is -3.85. The number of nitrogens with zero attached hydrogens (tertiary/aromatic N) is 1. The van der Waals surface area contributed by atoms with Gasteiger partial charge in [0.05, 0.1) is 12.9 Å². The van der Waals surface area contributed by atoms with Crippen LogP contribution < -0.4 is 14.0 Å². The first-order chi connectivity index (χ1) is 15.0. The van der Waals surface area contributed by atoms with E-state index in [1.165, 1.54) is 3.97 Å². The molecule has 0 spiro atoms. The minimum Gasteiger partial charge on any atom is -0.497 e. The first-order valence-corrected chi connectivity index (χ1v) is 11.8. The van der Waals surface area contributed by atoms with Gasteiger partial charge in [-0.1, -0.05) is 36.4 Å². The van der Waals surface area contributed by atoms with Crippen LogP contribution in [-0.2, 0) is 14.8 Å². The molecule has 0 saturated carbocycles. The highest BCUT2D eigenvalue weighted by Crippen LogP contribution is 2.22. The lowest BCUT2D eigenvalue weighted by Gasteiger charge is -2.06. The number of para-hydroxylation sites is 2. The Kier molecular flexibility index (Phi) is 5.97. The van der Waals surface area contributed by atoms with E-state index in [0.29, 0.717) is 27.6 Å². The number of hydrogen-bond donors (Lipinski definition) is 2. The molecule has 4 rings (SSSR count). The van der Waals surface area contributed by atoms with Gasteiger partial charge in [0.25, 0.3) is 0 Å². The second-order valence-corrected chi connectivity index (χ2v) is 9.35. The minimum absolute atomic E-state index is 0.0222. The number of methoxy groups -OCH3 is 1.